The first-order valence-corrected chi connectivity index (χ1v) is 11.5. The Balaban J connectivity index is 1.61. The monoisotopic (exact) mass is 516 g/mol. The van der Waals surface area contributed by atoms with Crippen LogP contribution in [0.2, 0.25) is 0 Å². The fraction of sp³-hybridized carbons (Fsp3) is 0.115. The van der Waals surface area contributed by atoms with Gasteiger partial charge in [-0.3, -0.25) is 4.90 Å². The molecule has 0 aliphatic rings. The van der Waals surface area contributed by atoms with E-state index in [0.717, 1.165) is 11.1 Å². The smallest absolute Gasteiger partial charge is 0.412 e. The predicted molar refractivity (Wildman–Crippen MR) is 138 cm³/mol. The van der Waals surface area contributed by atoms with Crippen LogP contribution in [0.4, 0.5) is 30.9 Å². The zero-order valence-corrected chi connectivity index (χ0v) is 20.1. The van der Waals surface area contributed by atoms with Crippen molar-refractivity contribution in [1.82, 2.24) is 24.7 Å². The molecular weight excluding hydrogens is 494 g/mol. The van der Waals surface area contributed by atoms with Gasteiger partial charge in [-0.25, -0.2) is 18.6 Å². The molecule has 3 heterocycles. The summed E-state index contributed by atoms with van der Waals surface area (Å²) in [7, 11) is 0. The number of nitrogens with two attached hydrogens (primary N) is 2. The number of nitrogen functional groups attached to an aromatic ring is 2. The zero-order chi connectivity index (χ0) is 27.0. The highest BCUT2D eigenvalue weighted by molar-refractivity contribution is 5.94. The van der Waals surface area contributed by atoms with Crippen molar-refractivity contribution in [3.8, 4) is 5.95 Å². The Kier molecular flexibility index (Phi) is 6.29. The van der Waals surface area contributed by atoms with E-state index >= 15 is 0 Å². The Morgan fingerprint density at radius 3 is 2.37 bits per heavy atom. The van der Waals surface area contributed by atoms with Crippen LogP contribution >= 0.6 is 0 Å². The zero-order valence-electron chi connectivity index (χ0n) is 20.1. The molecule has 0 saturated heterocycles. The first-order valence-electron chi connectivity index (χ1n) is 11.5. The van der Waals surface area contributed by atoms with Gasteiger partial charge in [0.05, 0.1) is 23.4 Å². The Morgan fingerprint density at radius 2 is 1.71 bits per heavy atom. The van der Waals surface area contributed by atoms with Gasteiger partial charge in [0.1, 0.15) is 22.8 Å². The minimum Gasteiger partial charge on any atom is -0.465 e. The number of fused-ring (bicyclic) bond motifs is 1. The quantitative estimate of drug-likeness (QED) is 0.299. The number of hydrogen-bond acceptors (Lipinski definition) is 7. The third-order valence-electron chi connectivity index (χ3n) is 6.10. The van der Waals surface area contributed by atoms with Gasteiger partial charge in [-0.2, -0.15) is 19.7 Å². The topological polar surface area (TPSA) is 149 Å². The summed E-state index contributed by atoms with van der Waals surface area (Å²) in [6, 6.07) is 15.7. The first-order chi connectivity index (χ1) is 18.2. The lowest BCUT2D eigenvalue weighted by Crippen LogP contribution is -2.34. The molecule has 0 aliphatic heterocycles. The van der Waals surface area contributed by atoms with Gasteiger partial charge in [-0.15, -0.1) is 0 Å². The SMILES string of the molecule is CC(c1ccccc1)N(C(=O)O)c1c(N)nc(-n2nc(Cc3ccccc3F)c3ncc(F)cc32)nc1N. The van der Waals surface area contributed by atoms with Gasteiger partial charge in [0.15, 0.2) is 11.6 Å². The van der Waals surface area contributed by atoms with Crippen LogP contribution in [-0.4, -0.2) is 35.9 Å². The van der Waals surface area contributed by atoms with Crippen LogP contribution in [0.3, 0.4) is 0 Å². The van der Waals surface area contributed by atoms with Crippen LogP contribution in [0.25, 0.3) is 17.0 Å². The average Bonchev–Trinajstić information content (AvgIpc) is 3.24. The molecule has 3 aromatic heterocycles. The summed E-state index contributed by atoms with van der Waals surface area (Å²) in [5, 5.41) is 14.5. The van der Waals surface area contributed by atoms with Crippen LogP contribution in [0.15, 0.2) is 66.9 Å². The van der Waals surface area contributed by atoms with Gasteiger partial charge in [0, 0.05) is 12.5 Å². The van der Waals surface area contributed by atoms with Gasteiger partial charge in [-0.1, -0.05) is 48.5 Å². The van der Waals surface area contributed by atoms with E-state index in [1.165, 1.54) is 16.8 Å². The molecule has 2 aromatic carbocycles. The van der Waals surface area contributed by atoms with Crippen LogP contribution in [0.5, 0.6) is 0 Å². The molecule has 0 bridgehead atoms. The molecular formula is C26H22F2N8O2. The summed E-state index contributed by atoms with van der Waals surface area (Å²) in [4.78, 5) is 25.9. The number of anilines is 3. The van der Waals surface area contributed by atoms with Crippen molar-refractivity contribution in [3.05, 3.63) is 95.3 Å². The Hall–Kier alpha value is -5.13. The number of halogens is 2. The first kappa shape index (κ1) is 24.6. The molecule has 0 radical (unpaired) electrons. The molecule has 1 unspecified atom stereocenters. The average molecular weight is 517 g/mol. The summed E-state index contributed by atoms with van der Waals surface area (Å²) < 4.78 is 29.7. The summed E-state index contributed by atoms with van der Waals surface area (Å²) in [6.07, 6.45) is -0.208. The van der Waals surface area contributed by atoms with Crippen molar-refractivity contribution in [2.24, 2.45) is 0 Å². The van der Waals surface area contributed by atoms with Gasteiger partial charge in [0.2, 0.25) is 0 Å². The Labute approximate surface area is 215 Å². The van der Waals surface area contributed by atoms with Crippen LogP contribution in [0.1, 0.15) is 29.8 Å². The summed E-state index contributed by atoms with van der Waals surface area (Å²) in [5.41, 5.74) is 14.3. The third-order valence-corrected chi connectivity index (χ3v) is 6.10. The maximum Gasteiger partial charge on any atom is 0.412 e. The molecule has 0 aliphatic carbocycles. The van der Waals surface area contributed by atoms with Crippen LogP contribution in [0, 0.1) is 11.6 Å². The van der Waals surface area contributed by atoms with Crippen molar-refractivity contribution in [2.45, 2.75) is 19.4 Å². The van der Waals surface area contributed by atoms with Gasteiger partial charge in [0.25, 0.3) is 5.95 Å². The molecule has 5 N–H and O–H groups in total. The molecule has 5 rings (SSSR count). The van der Waals surface area contributed by atoms with E-state index in [9.17, 15) is 18.7 Å². The maximum atomic E-state index is 14.3. The van der Waals surface area contributed by atoms with Crippen molar-refractivity contribution in [2.75, 3.05) is 16.4 Å². The van der Waals surface area contributed by atoms with Crippen molar-refractivity contribution in [1.29, 1.82) is 0 Å². The fourth-order valence-corrected chi connectivity index (χ4v) is 4.28. The molecule has 12 heteroatoms. The second kappa shape index (κ2) is 9.73. The number of hydrogen-bond donors (Lipinski definition) is 3. The number of rotatable bonds is 6. The molecule has 0 saturated carbocycles. The standard InChI is InChI=1S/C26H22F2N8O2/c1-14(15-7-3-2-4-8-15)35(26(37)38)22-23(29)32-25(33-24(22)30)36-20-12-17(27)13-31-21(20)19(34-36)11-16-9-5-6-10-18(16)28/h2-10,12-14H,11H2,1H3,(H,37,38)(H4,29,30,32,33). The summed E-state index contributed by atoms with van der Waals surface area (Å²) in [5.74, 6) is -1.63. The number of carboxylic acid groups (broad SMARTS) is 1. The third kappa shape index (κ3) is 4.43. The number of carbonyl (C=O) groups is 1. The molecule has 5 aromatic rings. The summed E-state index contributed by atoms with van der Waals surface area (Å²) in [6.45, 7) is 1.68. The van der Waals surface area contributed by atoms with Crippen molar-refractivity contribution < 1.29 is 18.7 Å². The number of benzene rings is 2. The minimum atomic E-state index is -1.31. The van der Waals surface area contributed by atoms with Crippen molar-refractivity contribution in [3.63, 3.8) is 0 Å². The molecule has 1 atom stereocenters. The van der Waals surface area contributed by atoms with Crippen molar-refractivity contribution >= 4 is 34.4 Å². The van der Waals surface area contributed by atoms with E-state index < -0.39 is 23.8 Å². The predicted octanol–water partition coefficient (Wildman–Crippen LogP) is 4.49. The van der Waals surface area contributed by atoms with E-state index in [4.69, 9.17) is 11.5 Å². The molecule has 38 heavy (non-hydrogen) atoms. The normalized spacial score (nSPS) is 12.0. The van der Waals surface area contributed by atoms with Gasteiger partial charge in [-0.05, 0) is 24.1 Å². The highest BCUT2D eigenvalue weighted by Crippen LogP contribution is 2.35. The second-order valence-corrected chi connectivity index (χ2v) is 8.53. The number of nitrogens with zero attached hydrogens (tertiary/aromatic N) is 6. The second-order valence-electron chi connectivity index (χ2n) is 8.53. The molecule has 10 nitrogen and oxygen atoms in total. The number of aromatic nitrogens is 5. The lowest BCUT2D eigenvalue weighted by Gasteiger charge is -2.28. The van der Waals surface area contributed by atoms with E-state index in [1.54, 1.807) is 49.4 Å². The van der Waals surface area contributed by atoms with E-state index in [-0.39, 0.29) is 35.2 Å². The molecule has 0 fully saturated rings. The molecule has 1 amide bonds. The highest BCUT2D eigenvalue weighted by atomic mass is 19.1. The van der Waals surface area contributed by atoms with Crippen LogP contribution < -0.4 is 16.4 Å². The molecule has 192 valence electrons. The van der Waals surface area contributed by atoms with Gasteiger partial charge < -0.3 is 16.6 Å². The van der Waals surface area contributed by atoms with Gasteiger partial charge >= 0.3 is 6.09 Å². The van der Waals surface area contributed by atoms with E-state index in [0.29, 0.717) is 22.3 Å². The van der Waals surface area contributed by atoms with Crippen LogP contribution in [-0.2, 0) is 6.42 Å². The number of pyridine rings is 1. The highest BCUT2D eigenvalue weighted by Gasteiger charge is 2.29. The Morgan fingerprint density at radius 1 is 1.05 bits per heavy atom. The molecule has 0 spiro atoms. The maximum absolute atomic E-state index is 14.3. The lowest BCUT2D eigenvalue weighted by molar-refractivity contribution is 0.199. The lowest BCUT2D eigenvalue weighted by atomic mass is 10.1. The fourth-order valence-electron chi connectivity index (χ4n) is 4.28. The Bertz CT molecular complexity index is 1640. The van der Waals surface area contributed by atoms with E-state index in [1.807, 2.05) is 6.07 Å². The minimum absolute atomic E-state index is 0.0687. The number of amides is 1. The van der Waals surface area contributed by atoms with E-state index in [2.05, 4.69) is 20.1 Å². The largest absolute Gasteiger partial charge is 0.465 e. The summed E-state index contributed by atoms with van der Waals surface area (Å²) >= 11 is 0.